The van der Waals surface area contributed by atoms with Gasteiger partial charge in [0.05, 0.1) is 18.2 Å². The minimum atomic E-state index is -1.27. The van der Waals surface area contributed by atoms with E-state index in [2.05, 4.69) is 4.98 Å². The van der Waals surface area contributed by atoms with Crippen LogP contribution < -0.4 is 4.74 Å². The second-order valence-corrected chi connectivity index (χ2v) is 6.41. The smallest absolute Gasteiger partial charge is 0.309 e. The van der Waals surface area contributed by atoms with Gasteiger partial charge in [-0.25, -0.2) is 4.98 Å². The summed E-state index contributed by atoms with van der Waals surface area (Å²) in [6.45, 7) is 0. The van der Waals surface area contributed by atoms with E-state index in [1.165, 1.54) is 11.8 Å². The average molecular weight is 340 g/mol. The lowest BCUT2D eigenvalue weighted by Crippen LogP contribution is -2.50. The van der Waals surface area contributed by atoms with E-state index in [0.717, 1.165) is 0 Å². The summed E-state index contributed by atoms with van der Waals surface area (Å²) in [7, 11) is 0. The molecule has 1 fully saturated rings. The highest BCUT2D eigenvalue weighted by atomic mass is 32.2. The molecule has 0 radical (unpaired) electrons. The van der Waals surface area contributed by atoms with Crippen LogP contribution >= 0.6 is 11.8 Å². The van der Waals surface area contributed by atoms with Gasteiger partial charge in [-0.3, -0.25) is 4.79 Å². The van der Waals surface area contributed by atoms with Crippen LogP contribution in [0.15, 0.2) is 24.5 Å². The van der Waals surface area contributed by atoms with Gasteiger partial charge in [0.2, 0.25) is 0 Å². The van der Waals surface area contributed by atoms with Crippen molar-refractivity contribution in [2.75, 3.05) is 5.75 Å². The molecule has 0 aliphatic carbocycles. The summed E-state index contributed by atoms with van der Waals surface area (Å²) < 4.78 is 7.37. The average Bonchev–Trinajstić information content (AvgIpc) is 2.90. The van der Waals surface area contributed by atoms with E-state index < -0.39 is 29.7 Å². The van der Waals surface area contributed by atoms with Crippen molar-refractivity contribution >= 4 is 23.4 Å². The Morgan fingerprint density at radius 3 is 2.91 bits per heavy atom. The van der Waals surface area contributed by atoms with Crippen LogP contribution in [0.5, 0.6) is 5.75 Å². The zero-order valence-electron chi connectivity index (χ0n) is 11.9. The lowest BCUT2D eigenvalue weighted by Gasteiger charge is -2.34. The fourth-order valence-electron chi connectivity index (χ4n) is 2.38. The highest BCUT2D eigenvalue weighted by Gasteiger charge is 2.38. The zero-order valence-corrected chi connectivity index (χ0v) is 12.8. The van der Waals surface area contributed by atoms with E-state index in [0.29, 0.717) is 17.1 Å². The molecule has 1 aliphatic heterocycles. The molecule has 0 aromatic carbocycles. The molecule has 0 amide bonds. The van der Waals surface area contributed by atoms with E-state index in [1.807, 2.05) is 0 Å². The number of imidazole rings is 1. The molecule has 2 aromatic heterocycles. The molecule has 124 valence electrons. The van der Waals surface area contributed by atoms with Gasteiger partial charge in [-0.1, -0.05) is 0 Å². The largest absolute Gasteiger partial charge is 0.481 e. The number of carboxylic acid groups (broad SMARTS) is 1. The fourth-order valence-corrected chi connectivity index (χ4v) is 3.49. The third-order valence-corrected chi connectivity index (χ3v) is 4.76. The van der Waals surface area contributed by atoms with Crippen LogP contribution in [-0.4, -0.2) is 65.3 Å². The van der Waals surface area contributed by atoms with Crippen molar-refractivity contribution in [3.63, 3.8) is 0 Å². The van der Waals surface area contributed by atoms with Crippen molar-refractivity contribution < 1.29 is 30.0 Å². The van der Waals surface area contributed by atoms with E-state index >= 15 is 0 Å². The Morgan fingerprint density at radius 2 is 2.17 bits per heavy atom. The van der Waals surface area contributed by atoms with Crippen molar-refractivity contribution in [2.45, 2.75) is 30.2 Å². The van der Waals surface area contributed by atoms with Gasteiger partial charge in [-0.15, -0.1) is 11.8 Å². The number of aromatic nitrogens is 2. The molecule has 23 heavy (non-hydrogen) atoms. The molecule has 3 rings (SSSR count). The molecular weight excluding hydrogens is 324 g/mol. The molecular formula is C14H16N2O6S. The van der Waals surface area contributed by atoms with Crippen molar-refractivity contribution in [1.29, 1.82) is 0 Å². The summed E-state index contributed by atoms with van der Waals surface area (Å²) in [5, 5.41) is 38.1. The molecule has 0 spiro atoms. The van der Waals surface area contributed by atoms with Gasteiger partial charge in [0, 0.05) is 18.1 Å². The second kappa shape index (κ2) is 6.36. The number of nitrogens with zero attached hydrogens (tertiary/aromatic N) is 2. The number of ether oxygens (including phenoxy) is 1. The third-order valence-electron chi connectivity index (χ3n) is 3.53. The molecule has 1 aliphatic rings. The van der Waals surface area contributed by atoms with E-state index in [-0.39, 0.29) is 12.2 Å². The minimum absolute atomic E-state index is 0.202. The first-order valence-electron chi connectivity index (χ1n) is 6.96. The Morgan fingerprint density at radius 1 is 1.39 bits per heavy atom. The molecule has 0 bridgehead atoms. The molecule has 4 N–H and O–H groups in total. The van der Waals surface area contributed by atoms with Crippen LogP contribution in [0.4, 0.5) is 0 Å². The Labute approximate surface area is 135 Å². The maximum atomic E-state index is 10.8. The van der Waals surface area contributed by atoms with E-state index in [9.17, 15) is 20.1 Å². The van der Waals surface area contributed by atoms with E-state index in [4.69, 9.17) is 9.84 Å². The van der Waals surface area contributed by atoms with Crippen molar-refractivity contribution in [3.05, 3.63) is 30.2 Å². The highest BCUT2D eigenvalue weighted by Crippen LogP contribution is 2.30. The molecule has 9 heteroatoms. The van der Waals surface area contributed by atoms with Crippen LogP contribution in [0, 0.1) is 0 Å². The van der Waals surface area contributed by atoms with Crippen LogP contribution in [0.2, 0.25) is 0 Å². The van der Waals surface area contributed by atoms with Crippen molar-refractivity contribution in [1.82, 2.24) is 9.38 Å². The number of pyridine rings is 1. The predicted molar refractivity (Wildman–Crippen MR) is 81.4 cm³/mol. The Kier molecular flexibility index (Phi) is 4.44. The number of thioether (sulfide) groups is 1. The van der Waals surface area contributed by atoms with Crippen LogP contribution in [-0.2, 0) is 11.2 Å². The Balaban J connectivity index is 1.85. The number of fused-ring (bicyclic) bond motifs is 1. The Bertz CT molecular complexity index is 720. The summed E-state index contributed by atoms with van der Waals surface area (Å²) in [6.07, 6.45) is -0.407. The predicted octanol–water partition coefficient (Wildman–Crippen LogP) is -0.504. The second-order valence-electron chi connectivity index (χ2n) is 5.27. The summed E-state index contributed by atoms with van der Waals surface area (Å²) in [5.41, 5.74) is 0.0669. The first-order chi connectivity index (χ1) is 11.0. The van der Waals surface area contributed by atoms with Gasteiger partial charge in [0.15, 0.2) is 16.8 Å². The van der Waals surface area contributed by atoms with E-state index in [1.54, 1.807) is 28.9 Å². The molecule has 4 atom stereocenters. The number of aliphatic hydroxyl groups excluding tert-OH is 3. The van der Waals surface area contributed by atoms with Crippen molar-refractivity contribution in [2.24, 2.45) is 0 Å². The minimum Gasteiger partial charge on any atom is -0.481 e. The van der Waals surface area contributed by atoms with Crippen molar-refractivity contribution in [3.8, 4) is 5.75 Å². The standard InChI is InChI=1S/C14H16N2O6S/c17-8-6-23-14(12(21)11(8)20)22-9-2-1-3-16-5-7(4-10(18)19)15-13(9)16/h1-3,5,8,11-12,14,17,20-21H,4,6H2,(H,18,19)/t8-,11+,12-,14-/m1/s1. The van der Waals surface area contributed by atoms with Crippen LogP contribution in [0.3, 0.4) is 0 Å². The lowest BCUT2D eigenvalue weighted by atomic mass is 10.1. The summed E-state index contributed by atoms with van der Waals surface area (Å²) in [4.78, 5) is 15.0. The molecule has 8 nitrogen and oxygen atoms in total. The van der Waals surface area contributed by atoms with Gasteiger partial charge in [0.25, 0.3) is 0 Å². The highest BCUT2D eigenvalue weighted by molar-refractivity contribution is 7.99. The zero-order chi connectivity index (χ0) is 16.6. The fraction of sp³-hybridized carbons (Fsp3) is 0.429. The quantitative estimate of drug-likeness (QED) is 0.587. The Hall–Kier alpha value is -1.81. The number of aliphatic hydroxyl groups is 3. The summed E-state index contributed by atoms with van der Waals surface area (Å²) in [6, 6.07) is 3.36. The van der Waals surface area contributed by atoms with Crippen LogP contribution in [0.1, 0.15) is 5.69 Å². The first kappa shape index (κ1) is 16.1. The number of carbonyl (C=O) groups is 1. The first-order valence-corrected chi connectivity index (χ1v) is 8.01. The van der Waals surface area contributed by atoms with Gasteiger partial charge < -0.3 is 29.6 Å². The number of aliphatic carboxylic acids is 1. The number of rotatable bonds is 4. The molecule has 3 heterocycles. The maximum Gasteiger partial charge on any atom is 0.309 e. The van der Waals surface area contributed by atoms with Gasteiger partial charge in [0.1, 0.15) is 12.2 Å². The number of hydrogen-bond donors (Lipinski definition) is 4. The SMILES string of the molecule is O=C(O)Cc1cn2cccc(O[C@@H]3SC[C@@H](O)[C@H](O)[C@H]3O)c2n1. The lowest BCUT2D eigenvalue weighted by molar-refractivity contribution is -0.136. The van der Waals surface area contributed by atoms with Crippen LogP contribution in [0.25, 0.3) is 5.65 Å². The molecule has 1 saturated heterocycles. The van der Waals surface area contributed by atoms with Gasteiger partial charge in [-0.05, 0) is 12.1 Å². The molecule has 2 aromatic rings. The third kappa shape index (κ3) is 3.27. The monoisotopic (exact) mass is 340 g/mol. The molecule has 0 saturated carbocycles. The number of carboxylic acids is 1. The topological polar surface area (TPSA) is 125 Å². The van der Waals surface area contributed by atoms with Gasteiger partial charge >= 0.3 is 5.97 Å². The normalized spacial score (nSPS) is 28.0. The summed E-state index contributed by atoms with van der Waals surface area (Å²) in [5.74, 6) is -0.374. The summed E-state index contributed by atoms with van der Waals surface area (Å²) >= 11 is 1.19. The molecule has 0 unspecified atom stereocenters. The van der Waals surface area contributed by atoms with Gasteiger partial charge in [-0.2, -0.15) is 0 Å². The maximum absolute atomic E-state index is 10.8. The number of hydrogen-bond acceptors (Lipinski definition) is 7.